The predicted octanol–water partition coefficient (Wildman–Crippen LogP) is 4.41. The van der Waals surface area contributed by atoms with Crippen LogP contribution in [0.2, 0.25) is 5.02 Å². The number of rotatable bonds is 6. The molecule has 2 N–H and O–H groups in total. The maximum absolute atomic E-state index is 6.20. The number of halogens is 1. The molecule has 3 rings (SSSR count). The Balaban J connectivity index is 1.63. The van der Waals surface area contributed by atoms with Crippen molar-refractivity contribution < 1.29 is 9.47 Å². The van der Waals surface area contributed by atoms with Gasteiger partial charge in [-0.15, -0.1) is 0 Å². The molecule has 140 valence electrons. The van der Waals surface area contributed by atoms with Gasteiger partial charge in [0.1, 0.15) is 11.5 Å². The van der Waals surface area contributed by atoms with Crippen molar-refractivity contribution in [2.45, 2.75) is 6.54 Å². The molecule has 3 aromatic rings. The zero-order valence-electron chi connectivity index (χ0n) is 14.9. The normalized spacial score (nSPS) is 10.3. The zero-order valence-corrected chi connectivity index (χ0v) is 16.5. The maximum Gasteiger partial charge on any atom is 0.175 e. The Morgan fingerprint density at radius 2 is 1.74 bits per heavy atom. The highest BCUT2D eigenvalue weighted by molar-refractivity contribution is 7.80. The van der Waals surface area contributed by atoms with E-state index in [2.05, 4.69) is 15.7 Å². The average molecular weight is 403 g/mol. The van der Waals surface area contributed by atoms with Gasteiger partial charge in [0.05, 0.1) is 32.6 Å². The fraction of sp³-hybridized carbons (Fsp3) is 0.158. The lowest BCUT2D eigenvalue weighted by atomic mass is 10.2. The van der Waals surface area contributed by atoms with Crippen molar-refractivity contribution in [3.8, 4) is 11.5 Å². The molecule has 2 aromatic carbocycles. The first-order chi connectivity index (χ1) is 13.1. The van der Waals surface area contributed by atoms with Crippen LogP contribution in [0.15, 0.2) is 54.9 Å². The van der Waals surface area contributed by atoms with Crippen LogP contribution in [0.5, 0.6) is 11.5 Å². The molecule has 0 saturated heterocycles. The fourth-order valence-corrected chi connectivity index (χ4v) is 2.92. The minimum absolute atomic E-state index is 0.433. The van der Waals surface area contributed by atoms with Crippen molar-refractivity contribution in [3.63, 3.8) is 0 Å². The van der Waals surface area contributed by atoms with Gasteiger partial charge in [0.2, 0.25) is 0 Å². The van der Waals surface area contributed by atoms with E-state index < -0.39 is 0 Å². The van der Waals surface area contributed by atoms with Crippen LogP contribution in [0.1, 0.15) is 5.56 Å². The number of hydrogen-bond donors (Lipinski definition) is 2. The van der Waals surface area contributed by atoms with Gasteiger partial charge >= 0.3 is 0 Å². The topological polar surface area (TPSA) is 60.3 Å². The molecule has 0 atom stereocenters. The Morgan fingerprint density at radius 1 is 1.07 bits per heavy atom. The Kier molecular flexibility index (Phi) is 6.16. The standard InChI is InChI=1S/C19H19ClN4O2S/c1-25-16-7-14(8-17(9-16)26-2)22-19(27)23-15-10-21-24(12-15)11-13-5-3-4-6-18(13)20/h3-10,12H,11H2,1-2H3,(H2,22,23,27). The Morgan fingerprint density at radius 3 is 2.41 bits per heavy atom. The lowest BCUT2D eigenvalue weighted by molar-refractivity contribution is 0.395. The number of nitrogens with one attached hydrogen (secondary N) is 2. The van der Waals surface area contributed by atoms with Crippen molar-refractivity contribution in [1.82, 2.24) is 9.78 Å². The third kappa shape index (κ3) is 5.12. The van der Waals surface area contributed by atoms with Gasteiger partial charge in [0.15, 0.2) is 5.11 Å². The van der Waals surface area contributed by atoms with E-state index in [-0.39, 0.29) is 0 Å². The minimum atomic E-state index is 0.433. The molecule has 0 spiro atoms. The van der Waals surface area contributed by atoms with E-state index in [1.54, 1.807) is 31.2 Å². The number of nitrogens with zero attached hydrogens (tertiary/aromatic N) is 2. The molecule has 0 bridgehead atoms. The van der Waals surface area contributed by atoms with Gasteiger partial charge in [-0.25, -0.2) is 0 Å². The van der Waals surface area contributed by atoms with Gasteiger partial charge < -0.3 is 20.1 Å². The van der Waals surface area contributed by atoms with Crippen molar-refractivity contribution >= 4 is 40.3 Å². The summed E-state index contributed by atoms with van der Waals surface area (Å²) in [5.74, 6) is 1.35. The number of ether oxygens (including phenoxy) is 2. The zero-order chi connectivity index (χ0) is 19.2. The van der Waals surface area contributed by atoms with Gasteiger partial charge in [-0.3, -0.25) is 4.68 Å². The summed E-state index contributed by atoms with van der Waals surface area (Å²) >= 11 is 11.6. The number of thiocarbonyl (C=S) groups is 1. The summed E-state index contributed by atoms with van der Waals surface area (Å²) in [6.07, 6.45) is 3.57. The molecular formula is C19H19ClN4O2S. The Bertz CT molecular complexity index is 923. The molecule has 6 nitrogen and oxygen atoms in total. The van der Waals surface area contributed by atoms with Gasteiger partial charge in [-0.2, -0.15) is 5.10 Å². The van der Waals surface area contributed by atoms with E-state index in [1.165, 1.54) is 0 Å². The first-order valence-electron chi connectivity index (χ1n) is 8.14. The van der Waals surface area contributed by atoms with E-state index in [4.69, 9.17) is 33.3 Å². The van der Waals surface area contributed by atoms with Crippen molar-refractivity contribution in [2.75, 3.05) is 24.9 Å². The first kappa shape index (κ1) is 19.0. The highest BCUT2D eigenvalue weighted by Gasteiger charge is 2.07. The molecule has 0 aliphatic heterocycles. The predicted molar refractivity (Wildman–Crippen MR) is 112 cm³/mol. The first-order valence-corrected chi connectivity index (χ1v) is 8.93. The maximum atomic E-state index is 6.20. The number of benzene rings is 2. The Hall–Kier alpha value is -2.77. The smallest absolute Gasteiger partial charge is 0.175 e. The molecule has 0 unspecified atom stereocenters. The van der Waals surface area contributed by atoms with Crippen LogP contribution >= 0.6 is 23.8 Å². The second-order valence-corrected chi connectivity index (χ2v) is 6.51. The molecule has 0 aliphatic rings. The van der Waals surface area contributed by atoms with Gasteiger partial charge in [-0.1, -0.05) is 29.8 Å². The van der Waals surface area contributed by atoms with Gasteiger partial charge in [-0.05, 0) is 23.8 Å². The lowest BCUT2D eigenvalue weighted by Gasteiger charge is -2.12. The molecule has 0 amide bonds. The summed E-state index contributed by atoms with van der Waals surface area (Å²) in [6.45, 7) is 0.578. The highest BCUT2D eigenvalue weighted by Crippen LogP contribution is 2.26. The van der Waals surface area contributed by atoms with Crippen LogP contribution in [0.3, 0.4) is 0 Å². The summed E-state index contributed by atoms with van der Waals surface area (Å²) in [6, 6.07) is 13.1. The quantitative estimate of drug-likeness (QED) is 0.595. The van der Waals surface area contributed by atoms with E-state index in [0.717, 1.165) is 16.9 Å². The van der Waals surface area contributed by atoms with Crippen molar-refractivity contribution in [1.29, 1.82) is 0 Å². The van der Waals surface area contributed by atoms with E-state index >= 15 is 0 Å². The summed E-state index contributed by atoms with van der Waals surface area (Å²) in [4.78, 5) is 0. The molecule has 0 aliphatic carbocycles. The lowest BCUT2D eigenvalue weighted by Crippen LogP contribution is -2.18. The van der Waals surface area contributed by atoms with Crippen LogP contribution in [0, 0.1) is 0 Å². The third-order valence-electron chi connectivity index (χ3n) is 3.79. The van der Waals surface area contributed by atoms with E-state index in [1.807, 2.05) is 42.6 Å². The average Bonchev–Trinajstić information content (AvgIpc) is 3.09. The summed E-state index contributed by atoms with van der Waals surface area (Å²) in [7, 11) is 3.20. The molecule has 1 aromatic heterocycles. The molecule has 0 saturated carbocycles. The highest BCUT2D eigenvalue weighted by atomic mass is 35.5. The monoisotopic (exact) mass is 402 g/mol. The van der Waals surface area contributed by atoms with Crippen LogP contribution in [-0.4, -0.2) is 29.1 Å². The minimum Gasteiger partial charge on any atom is -0.497 e. The summed E-state index contributed by atoms with van der Waals surface area (Å²) in [5.41, 5.74) is 2.53. The van der Waals surface area contributed by atoms with E-state index in [0.29, 0.717) is 28.2 Å². The van der Waals surface area contributed by atoms with Crippen LogP contribution in [-0.2, 0) is 6.54 Å². The van der Waals surface area contributed by atoms with Crippen LogP contribution in [0.4, 0.5) is 11.4 Å². The second-order valence-electron chi connectivity index (χ2n) is 5.70. The van der Waals surface area contributed by atoms with Crippen LogP contribution in [0.25, 0.3) is 0 Å². The number of anilines is 2. The fourth-order valence-electron chi connectivity index (χ4n) is 2.49. The SMILES string of the molecule is COc1cc(NC(=S)Nc2cnn(Cc3ccccc3Cl)c2)cc(OC)c1. The number of methoxy groups -OCH3 is 2. The third-order valence-corrected chi connectivity index (χ3v) is 4.36. The molecule has 8 heteroatoms. The molecular weight excluding hydrogens is 384 g/mol. The largest absolute Gasteiger partial charge is 0.497 e. The molecule has 1 heterocycles. The summed E-state index contributed by atoms with van der Waals surface area (Å²) < 4.78 is 12.3. The number of hydrogen-bond acceptors (Lipinski definition) is 4. The molecule has 27 heavy (non-hydrogen) atoms. The van der Waals surface area contributed by atoms with E-state index in [9.17, 15) is 0 Å². The van der Waals surface area contributed by atoms with Gasteiger partial charge in [0, 0.05) is 35.1 Å². The Labute approximate surface area is 168 Å². The van der Waals surface area contributed by atoms with Gasteiger partial charge in [0.25, 0.3) is 0 Å². The van der Waals surface area contributed by atoms with Crippen molar-refractivity contribution in [3.05, 3.63) is 65.4 Å². The second kappa shape index (κ2) is 8.75. The number of aromatic nitrogens is 2. The van der Waals surface area contributed by atoms with Crippen LogP contribution < -0.4 is 20.1 Å². The summed E-state index contributed by atoms with van der Waals surface area (Å²) in [5, 5.41) is 11.7. The van der Waals surface area contributed by atoms with Crippen molar-refractivity contribution in [2.24, 2.45) is 0 Å². The molecule has 0 radical (unpaired) electrons. The molecule has 0 fully saturated rings.